The summed E-state index contributed by atoms with van der Waals surface area (Å²) in [5, 5.41) is 9.22. The number of carbonyl (C=O) groups excluding carboxylic acids is 3. The molecule has 0 saturated heterocycles. The molecule has 0 aliphatic carbocycles. The number of aliphatic hydroxyl groups excluding tert-OH is 1. The van der Waals surface area contributed by atoms with Crippen molar-refractivity contribution in [2.45, 2.75) is 59.1 Å². The molecule has 3 unspecified atom stereocenters. The van der Waals surface area contributed by atoms with Crippen molar-refractivity contribution in [2.75, 3.05) is 27.8 Å². The van der Waals surface area contributed by atoms with Gasteiger partial charge < -0.3 is 29.6 Å². The molecule has 8 heteroatoms. The van der Waals surface area contributed by atoms with Crippen molar-refractivity contribution in [3.8, 4) is 0 Å². The second-order valence-corrected chi connectivity index (χ2v) is 5.22. The summed E-state index contributed by atoms with van der Waals surface area (Å²) >= 11 is 0. The number of nitrogens with one attached hydrogen (secondary N) is 1. The number of nitrogens with zero attached hydrogens (tertiary/aromatic N) is 1. The van der Waals surface area contributed by atoms with Crippen LogP contribution in [-0.2, 0) is 19.1 Å². The van der Waals surface area contributed by atoms with E-state index >= 15 is 0 Å². The van der Waals surface area contributed by atoms with Crippen LogP contribution in [0.25, 0.3) is 0 Å². The first-order chi connectivity index (χ1) is 11.4. The van der Waals surface area contributed by atoms with Crippen molar-refractivity contribution >= 4 is 18.6 Å². The Hall–Kier alpha value is -2.47. The quantitative estimate of drug-likeness (QED) is 0.222. The summed E-state index contributed by atoms with van der Waals surface area (Å²) in [4.78, 5) is 34.3. The molecule has 3 atom stereocenters. The number of hydrogen-bond donors (Lipinski definition) is 2. The number of aldehydes is 1. The number of ether oxygens (including phenoxy) is 1. The van der Waals surface area contributed by atoms with Crippen molar-refractivity contribution in [3.05, 3.63) is 0 Å². The Bertz CT molecular complexity index is 319. The van der Waals surface area contributed by atoms with Gasteiger partial charge in [-0.1, -0.05) is 40.5 Å². The molecule has 0 aromatic rings. The molecule has 0 saturated carbocycles. The van der Waals surface area contributed by atoms with Crippen LogP contribution in [0.2, 0.25) is 0 Å². The monoisotopic (exact) mass is 604 g/mol. The van der Waals surface area contributed by atoms with Gasteiger partial charge in [-0.05, 0) is 5.92 Å². The summed E-state index contributed by atoms with van der Waals surface area (Å²) in [6.45, 7) is 8.16. The van der Waals surface area contributed by atoms with Gasteiger partial charge >= 0.3 is 0 Å². The van der Waals surface area contributed by atoms with E-state index in [1.165, 1.54) is 24.8 Å². The van der Waals surface area contributed by atoms with Gasteiger partial charge in [-0.3, -0.25) is 4.79 Å². The van der Waals surface area contributed by atoms with E-state index in [4.69, 9.17) is 9.84 Å². The molecule has 0 spiro atoms. The third-order valence-corrected chi connectivity index (χ3v) is 3.39. The number of hydrogen-bond acceptors (Lipinski definition) is 5. The molecule has 0 aromatic carbocycles. The van der Waals surface area contributed by atoms with Gasteiger partial charge in [-0.15, -0.1) is 0 Å². The zero-order valence-corrected chi connectivity index (χ0v) is 18.9. The van der Waals surface area contributed by atoms with Crippen LogP contribution in [0.15, 0.2) is 0 Å². The number of amides is 2. The topological polar surface area (TPSA) is 95.9 Å². The van der Waals surface area contributed by atoms with E-state index in [0.717, 1.165) is 19.8 Å². The molecular weight excluding hydrogens is 569 g/mol. The number of rotatable bonds is 10. The Balaban J connectivity index is -0.000000329. The number of aliphatic hydroxyl groups is 1. The predicted molar refractivity (Wildman–Crippen MR) is 95.3 cm³/mol. The van der Waals surface area contributed by atoms with Gasteiger partial charge in [0.2, 0.25) is 5.91 Å². The fourth-order valence-corrected chi connectivity index (χ4v) is 2.11. The van der Waals surface area contributed by atoms with E-state index in [1.54, 1.807) is 7.05 Å². The predicted octanol–water partition coefficient (Wildman–Crippen LogP) is 1.15. The maximum Gasteiger partial charge on any atom is 0.239 e. The first-order valence-corrected chi connectivity index (χ1v) is 8.21. The van der Waals surface area contributed by atoms with Gasteiger partial charge in [0.1, 0.15) is 6.29 Å². The van der Waals surface area contributed by atoms with Gasteiger partial charge in [0.15, 0.2) is 0 Å². The van der Waals surface area contributed by atoms with Gasteiger partial charge in [0.05, 0.1) is 18.7 Å². The Kier molecular flexibility index (Phi) is 26.2. The van der Waals surface area contributed by atoms with E-state index in [2.05, 4.69) is 19.2 Å². The van der Waals surface area contributed by atoms with E-state index in [1.807, 2.05) is 13.8 Å². The summed E-state index contributed by atoms with van der Waals surface area (Å²) in [6, 6.07) is -0.207. The molecule has 2 N–H and O–H groups in total. The van der Waals surface area contributed by atoms with E-state index in [-0.39, 0.29) is 36.9 Å². The Labute approximate surface area is 146 Å². The third kappa shape index (κ3) is 13.6. The normalized spacial score (nSPS) is 12.5. The maximum absolute atomic E-state index is 11.9. The maximum atomic E-state index is 11.9. The van der Waals surface area contributed by atoms with Crippen molar-refractivity contribution < 1.29 is 24.2 Å². The Morgan fingerprint density at radius 3 is 2.12 bits per heavy atom. The minimum Gasteiger partial charge on any atom is -0.522 e. The first-order valence-electron chi connectivity index (χ1n) is 8.21. The molecular formula is C17H35FmN2O5-. The molecule has 0 radical (unpaired) electrons. The third-order valence-electron chi connectivity index (χ3n) is 3.39. The minimum atomic E-state index is -0.346. The average molecular weight is 604 g/mol. The summed E-state index contributed by atoms with van der Waals surface area (Å²) in [5.41, 5.74) is 0. The minimum absolute atomic E-state index is 0. The van der Waals surface area contributed by atoms with Gasteiger partial charge in [-0.2, -0.15) is 6.41 Å². The molecule has 0 heterocycles. The molecule has 156 valence electrons. The van der Waals surface area contributed by atoms with Crippen molar-refractivity contribution in [1.29, 1.82) is 0 Å². The first kappa shape index (κ1) is 30.4. The van der Waals surface area contributed by atoms with Crippen LogP contribution in [0.3, 0.4) is 0 Å². The molecule has 0 bridgehead atoms. The van der Waals surface area contributed by atoms with Crippen molar-refractivity contribution in [1.82, 2.24) is 10.2 Å². The van der Waals surface area contributed by atoms with Crippen molar-refractivity contribution in [3.63, 3.8) is 0 Å². The van der Waals surface area contributed by atoms with Gasteiger partial charge in [-0.25, -0.2) is 0 Å². The van der Waals surface area contributed by atoms with Crippen LogP contribution < -0.4 is 5.32 Å². The molecule has 0 rings (SSSR count). The van der Waals surface area contributed by atoms with Crippen LogP contribution in [-0.4, -0.2) is 68.6 Å². The fraction of sp³-hybridized carbons (Fsp3) is 0.824. The average Bonchev–Trinajstić information content (AvgIpc) is 2.60. The van der Waals surface area contributed by atoms with Crippen LogP contribution >= 0.6 is 0 Å². The van der Waals surface area contributed by atoms with Crippen LogP contribution in [0.5, 0.6) is 0 Å². The Morgan fingerprint density at radius 2 is 1.80 bits per heavy atom. The van der Waals surface area contributed by atoms with Crippen LogP contribution in [0.1, 0.15) is 47.0 Å². The summed E-state index contributed by atoms with van der Waals surface area (Å²) in [5.74, 6) is -0.0549. The number of carbonyl (C=O) groups is 2. The molecule has 0 aromatic heterocycles. The molecule has 2 amide bonds. The standard InChI is InChI=1S/C13H23N2O4.C3H8.CH4O.Fm/c1-5-10(2)13(11(19-4)6-7-16)15(3)12(18)8-14-9-17;1-3-2;1-2;/h7,10-11,13H,5-6,8H2,1-4H3,(H,14,17);3H2,1-2H3;2H,1H3;/q-1;;;. The van der Waals surface area contributed by atoms with E-state index < -0.39 is 0 Å². The second-order valence-electron chi connectivity index (χ2n) is 5.22. The van der Waals surface area contributed by atoms with Gasteiger partial charge in [0.25, 0.3) is 0 Å². The molecule has 0 fully saturated rings. The summed E-state index contributed by atoms with van der Waals surface area (Å²) in [6.07, 6.45) is 4.25. The largest absolute Gasteiger partial charge is 0.522 e. The van der Waals surface area contributed by atoms with Crippen LogP contribution in [0.4, 0.5) is 0 Å². The number of likely N-dealkylation sites (N-methyl/N-ethyl adjacent to an activating group) is 1. The number of methoxy groups -OCH3 is 1. The summed E-state index contributed by atoms with van der Waals surface area (Å²) < 4.78 is 5.33. The zero-order valence-electron chi connectivity index (χ0n) is 16.5. The molecule has 25 heavy (non-hydrogen) atoms. The smallest absolute Gasteiger partial charge is 0.239 e. The Morgan fingerprint density at radius 1 is 1.32 bits per heavy atom. The van der Waals surface area contributed by atoms with Crippen molar-refractivity contribution in [2.24, 2.45) is 5.92 Å². The van der Waals surface area contributed by atoms with Crippen LogP contribution in [0, 0.1) is 5.92 Å². The zero-order chi connectivity index (χ0) is 19.5. The van der Waals surface area contributed by atoms with E-state index in [0.29, 0.717) is 0 Å². The molecule has 0 aliphatic heterocycles. The van der Waals surface area contributed by atoms with E-state index in [9.17, 15) is 14.4 Å². The fourth-order valence-electron chi connectivity index (χ4n) is 2.11. The second kappa shape index (κ2) is 21.5. The SMILES string of the molecule is CCC.CCC(C)C(C(CC=O)OC)N(C)C(=O)CN[C-]=O.CO.[Fm]. The molecule has 0 aliphatic rings. The summed E-state index contributed by atoms with van der Waals surface area (Å²) in [7, 11) is 4.18. The molecule has 7 nitrogen and oxygen atoms in total. The van der Waals surface area contributed by atoms with Gasteiger partial charge in [0, 0.05) is 27.7 Å².